The van der Waals surface area contributed by atoms with Crippen LogP contribution in [0.2, 0.25) is 0 Å². The molecular weight excluding hydrogens is 488 g/mol. The van der Waals surface area contributed by atoms with Gasteiger partial charge in [0.25, 0.3) is 0 Å². The van der Waals surface area contributed by atoms with Crippen LogP contribution in [0.15, 0.2) is 66.0 Å². The zero-order valence-electron chi connectivity index (χ0n) is 23.0. The summed E-state index contributed by atoms with van der Waals surface area (Å²) in [5.41, 5.74) is 1.56. The van der Waals surface area contributed by atoms with Crippen molar-refractivity contribution in [2.45, 2.75) is 77.6 Å². The van der Waals surface area contributed by atoms with Crippen molar-refractivity contribution < 1.29 is 0 Å². The molecule has 0 N–H and O–H groups in total. The average Bonchev–Trinajstić information content (AvgIpc) is 3.47. The Balaban J connectivity index is 1.25. The number of hydrogen-bond acceptors (Lipinski definition) is 1. The van der Waals surface area contributed by atoms with Gasteiger partial charge in [-0.2, -0.15) is 0 Å². The Labute approximate surface area is 234 Å². The summed E-state index contributed by atoms with van der Waals surface area (Å²) in [5, 5.41) is 21.2. The molecule has 0 nitrogen and oxygen atoms in total. The maximum absolute atomic E-state index is 2.56. The summed E-state index contributed by atoms with van der Waals surface area (Å²) in [6, 6.07) is 23.8. The van der Waals surface area contributed by atoms with Gasteiger partial charge in [-0.15, -0.1) is 11.3 Å². The minimum absolute atomic E-state index is 1.18. The van der Waals surface area contributed by atoms with Gasteiger partial charge in [-0.25, -0.2) is 0 Å². The summed E-state index contributed by atoms with van der Waals surface area (Å²) in [5.74, 6) is 0. The second-order valence-electron chi connectivity index (χ2n) is 12.0. The number of hydrogen-bond donors (Lipinski definition) is 0. The number of unbranched alkanes of at least 4 members (excludes halogenated alkanes) is 9. The summed E-state index contributed by atoms with van der Waals surface area (Å²) in [7, 11) is 0. The molecule has 0 saturated carbocycles. The van der Waals surface area contributed by atoms with Gasteiger partial charge >= 0.3 is 0 Å². The maximum atomic E-state index is 2.56. The molecule has 0 spiro atoms. The molecule has 0 aliphatic heterocycles. The van der Waals surface area contributed by atoms with E-state index in [0.29, 0.717) is 0 Å². The fraction of sp³-hybridized carbons (Fsp3) is 0.316. The highest BCUT2D eigenvalue weighted by Crippen LogP contribution is 2.52. The van der Waals surface area contributed by atoms with Crippen molar-refractivity contribution in [2.24, 2.45) is 0 Å². The Morgan fingerprint density at radius 2 is 0.974 bits per heavy atom. The Bertz CT molecular complexity index is 2050. The Hall–Kier alpha value is -3.16. The van der Waals surface area contributed by atoms with E-state index in [0.717, 1.165) is 0 Å². The van der Waals surface area contributed by atoms with Crippen molar-refractivity contribution in [3.8, 4) is 0 Å². The van der Waals surface area contributed by atoms with E-state index in [9.17, 15) is 0 Å². The maximum Gasteiger partial charge on any atom is 0.0427 e. The highest BCUT2D eigenvalue weighted by molar-refractivity contribution is 7.18. The van der Waals surface area contributed by atoms with Crippen molar-refractivity contribution in [1.29, 1.82) is 0 Å². The van der Waals surface area contributed by atoms with Gasteiger partial charge in [0.2, 0.25) is 0 Å². The highest BCUT2D eigenvalue weighted by Gasteiger charge is 2.23. The minimum Gasteiger partial charge on any atom is -0.143 e. The Kier molecular flexibility index (Phi) is 5.77. The first kappa shape index (κ1) is 23.7. The number of fused-ring (bicyclic) bond motifs is 3. The summed E-state index contributed by atoms with van der Waals surface area (Å²) < 4.78 is 1.46. The quantitative estimate of drug-likeness (QED) is 0.0896. The zero-order chi connectivity index (χ0) is 25.9. The molecular formula is C38H36S. The normalized spacial score (nSPS) is 12.8. The molecule has 1 aromatic heterocycles. The van der Waals surface area contributed by atoms with Crippen LogP contribution >= 0.6 is 11.3 Å². The number of thiophene rings is 1. The standard InChI is InChI=1S/C38H36S/c1-2-3-4-5-6-7-8-9-10-11-12-27-23-28-18-17-25-14-13-24-15-16-26-19-20-29-36-34(26)32(24)33(25)35(28)37(36)31(27)30-21-22-39-38(29)30/h13-23H,2-12H2,1H3. The molecule has 0 saturated heterocycles. The molecule has 0 aliphatic rings. The smallest absolute Gasteiger partial charge is 0.0427 e. The van der Waals surface area contributed by atoms with Crippen molar-refractivity contribution in [1.82, 2.24) is 0 Å². The second-order valence-corrected chi connectivity index (χ2v) is 12.9. The first-order valence-corrected chi connectivity index (χ1v) is 16.2. The van der Waals surface area contributed by atoms with E-state index in [1.165, 1.54) is 145 Å². The average molecular weight is 525 g/mol. The van der Waals surface area contributed by atoms with Crippen LogP contribution in [0.4, 0.5) is 0 Å². The van der Waals surface area contributed by atoms with Gasteiger partial charge in [0, 0.05) is 20.9 Å². The Morgan fingerprint density at radius 1 is 0.462 bits per heavy atom. The van der Waals surface area contributed by atoms with E-state index in [2.05, 4.69) is 73.0 Å². The van der Waals surface area contributed by atoms with E-state index >= 15 is 0 Å². The van der Waals surface area contributed by atoms with Crippen LogP contribution in [0, 0.1) is 0 Å². The van der Waals surface area contributed by atoms with E-state index in [1.54, 1.807) is 5.56 Å². The lowest BCUT2D eigenvalue weighted by Gasteiger charge is -2.23. The predicted octanol–water partition coefficient (Wildman–Crippen LogP) is 12.6. The molecule has 0 fully saturated rings. The molecule has 7 aromatic carbocycles. The second kappa shape index (κ2) is 9.49. The van der Waals surface area contributed by atoms with Gasteiger partial charge in [-0.3, -0.25) is 0 Å². The lowest BCUT2D eigenvalue weighted by atomic mass is 9.80. The number of benzene rings is 7. The largest absolute Gasteiger partial charge is 0.143 e. The molecule has 8 aromatic rings. The van der Waals surface area contributed by atoms with Crippen LogP contribution in [0.1, 0.15) is 76.7 Å². The molecule has 194 valence electrons. The van der Waals surface area contributed by atoms with Gasteiger partial charge in [-0.05, 0) is 83.7 Å². The summed E-state index contributed by atoms with van der Waals surface area (Å²) >= 11 is 1.92. The summed E-state index contributed by atoms with van der Waals surface area (Å²) in [6.45, 7) is 2.30. The fourth-order valence-electron chi connectivity index (χ4n) is 7.72. The fourth-order valence-corrected chi connectivity index (χ4v) is 8.66. The predicted molar refractivity (Wildman–Crippen MR) is 176 cm³/mol. The van der Waals surface area contributed by atoms with Gasteiger partial charge in [-0.1, -0.05) is 119 Å². The van der Waals surface area contributed by atoms with Crippen LogP contribution in [0.5, 0.6) is 0 Å². The topological polar surface area (TPSA) is 0 Å². The molecule has 1 heterocycles. The van der Waals surface area contributed by atoms with E-state index in [4.69, 9.17) is 0 Å². The first-order valence-electron chi connectivity index (χ1n) is 15.3. The first-order chi connectivity index (χ1) is 19.3. The van der Waals surface area contributed by atoms with E-state index in [1.807, 2.05) is 11.3 Å². The van der Waals surface area contributed by atoms with Crippen LogP contribution in [0.3, 0.4) is 0 Å². The van der Waals surface area contributed by atoms with Crippen LogP contribution in [0.25, 0.3) is 74.7 Å². The van der Waals surface area contributed by atoms with Crippen molar-refractivity contribution in [3.05, 3.63) is 71.6 Å². The van der Waals surface area contributed by atoms with Gasteiger partial charge in [0.1, 0.15) is 0 Å². The summed E-state index contributed by atoms with van der Waals surface area (Å²) in [4.78, 5) is 0. The molecule has 0 atom stereocenters. The van der Waals surface area contributed by atoms with E-state index in [-0.39, 0.29) is 0 Å². The lowest BCUT2D eigenvalue weighted by molar-refractivity contribution is 0.556. The third kappa shape index (κ3) is 3.55. The van der Waals surface area contributed by atoms with Crippen LogP contribution < -0.4 is 0 Å². The highest BCUT2D eigenvalue weighted by atomic mass is 32.1. The molecule has 0 amide bonds. The van der Waals surface area contributed by atoms with E-state index < -0.39 is 0 Å². The Morgan fingerprint density at radius 3 is 1.64 bits per heavy atom. The molecule has 0 unspecified atom stereocenters. The van der Waals surface area contributed by atoms with Gasteiger partial charge < -0.3 is 0 Å². The van der Waals surface area contributed by atoms with Crippen LogP contribution in [-0.2, 0) is 6.42 Å². The SMILES string of the molecule is CCCCCCCCCCCCc1cc2ccc3ccc4ccc5ccc6c7sccc7c1c1c2c3c4c5c61. The zero-order valence-corrected chi connectivity index (χ0v) is 23.9. The third-order valence-corrected chi connectivity index (χ3v) is 10.5. The van der Waals surface area contributed by atoms with Gasteiger partial charge in [0.05, 0.1) is 0 Å². The monoisotopic (exact) mass is 524 g/mol. The van der Waals surface area contributed by atoms with Gasteiger partial charge in [0.15, 0.2) is 0 Å². The molecule has 0 radical (unpaired) electrons. The van der Waals surface area contributed by atoms with Crippen molar-refractivity contribution in [2.75, 3.05) is 0 Å². The number of aryl methyl sites for hydroxylation is 1. The molecule has 0 bridgehead atoms. The molecule has 0 aliphatic carbocycles. The lowest BCUT2D eigenvalue weighted by Crippen LogP contribution is -1.96. The van der Waals surface area contributed by atoms with Crippen molar-refractivity contribution >= 4 is 86.1 Å². The molecule has 8 rings (SSSR count). The third-order valence-electron chi connectivity index (χ3n) is 9.56. The van der Waals surface area contributed by atoms with Crippen molar-refractivity contribution in [3.63, 3.8) is 0 Å². The molecule has 39 heavy (non-hydrogen) atoms. The summed E-state index contributed by atoms with van der Waals surface area (Å²) in [6.07, 6.45) is 15.1. The molecule has 1 heteroatoms. The minimum atomic E-state index is 1.18. The number of rotatable bonds is 11. The van der Waals surface area contributed by atoms with Crippen LogP contribution in [-0.4, -0.2) is 0 Å².